The van der Waals surface area contributed by atoms with E-state index in [2.05, 4.69) is 21.2 Å². The van der Waals surface area contributed by atoms with Crippen molar-refractivity contribution in [3.63, 3.8) is 0 Å². The van der Waals surface area contributed by atoms with Gasteiger partial charge in [0, 0.05) is 28.7 Å². The number of halogens is 1. The summed E-state index contributed by atoms with van der Waals surface area (Å²) in [6, 6.07) is 14.2. The van der Waals surface area contributed by atoms with Gasteiger partial charge in [0.05, 0.1) is 25.8 Å². The predicted octanol–water partition coefficient (Wildman–Crippen LogP) is 2.66. The topological polar surface area (TPSA) is 82.1 Å². The zero-order valence-corrected chi connectivity index (χ0v) is 17.5. The number of nitrogens with zero attached hydrogens (tertiary/aromatic N) is 2. The molecule has 7 nitrogen and oxygen atoms in total. The highest BCUT2D eigenvalue weighted by Gasteiger charge is 2.54. The fourth-order valence-electron chi connectivity index (χ4n) is 4.24. The number of piperazine rings is 1. The Labute approximate surface area is 177 Å². The Kier molecular flexibility index (Phi) is 5.47. The number of benzene rings is 2. The van der Waals surface area contributed by atoms with E-state index in [9.17, 15) is 14.7 Å². The second kappa shape index (κ2) is 8.04. The molecule has 0 spiro atoms. The molecule has 8 heteroatoms. The SMILES string of the molecule is COc1cccc(NC(=O)N2CC(=O)N3[C@H](CO)[C@@H](c4ccc(Br)cc4)[C@@H]3C2)c1. The average Bonchev–Trinajstić information content (AvgIpc) is 2.71. The molecule has 3 amide bonds. The summed E-state index contributed by atoms with van der Waals surface area (Å²) in [6.07, 6.45) is 0. The van der Waals surface area contributed by atoms with Crippen LogP contribution in [0.3, 0.4) is 0 Å². The maximum atomic E-state index is 12.8. The van der Waals surface area contributed by atoms with Gasteiger partial charge in [-0.2, -0.15) is 0 Å². The highest BCUT2D eigenvalue weighted by atomic mass is 79.9. The first kappa shape index (κ1) is 19.7. The summed E-state index contributed by atoms with van der Waals surface area (Å²) in [4.78, 5) is 28.7. The van der Waals surface area contributed by atoms with Crippen LogP contribution in [0.5, 0.6) is 5.75 Å². The molecule has 0 unspecified atom stereocenters. The third-order valence-corrected chi connectivity index (χ3v) is 6.14. The van der Waals surface area contributed by atoms with E-state index in [1.165, 1.54) is 4.90 Å². The van der Waals surface area contributed by atoms with Crippen molar-refractivity contribution in [2.24, 2.45) is 0 Å². The zero-order chi connectivity index (χ0) is 20.5. The smallest absolute Gasteiger partial charge is 0.322 e. The van der Waals surface area contributed by atoms with Crippen LogP contribution in [0.4, 0.5) is 10.5 Å². The van der Waals surface area contributed by atoms with Gasteiger partial charge in [-0.1, -0.05) is 34.1 Å². The molecular formula is C21H22BrN3O4. The molecule has 0 aliphatic carbocycles. The lowest BCUT2D eigenvalue weighted by molar-refractivity contribution is -0.159. The number of fused-ring (bicyclic) bond motifs is 1. The standard InChI is InChI=1S/C21H22BrN3O4/c1-29-16-4-2-3-15(9-16)23-21(28)24-10-17-20(13-5-7-14(22)8-6-13)18(12-26)25(17)19(27)11-24/h2-9,17-18,20,26H,10-12H2,1H3,(H,23,28)/t17-,18+,20-/m0/s1. The minimum Gasteiger partial charge on any atom is -0.497 e. The number of carbonyl (C=O) groups is 2. The maximum Gasteiger partial charge on any atom is 0.322 e. The highest BCUT2D eigenvalue weighted by Crippen LogP contribution is 2.43. The number of amides is 3. The fraction of sp³-hybridized carbons (Fsp3) is 0.333. The van der Waals surface area contributed by atoms with E-state index in [-0.39, 0.29) is 43.1 Å². The molecule has 2 aromatic carbocycles. The Balaban J connectivity index is 1.51. The summed E-state index contributed by atoms with van der Waals surface area (Å²) in [6.45, 7) is 0.313. The number of anilines is 1. The van der Waals surface area contributed by atoms with Gasteiger partial charge in [-0.15, -0.1) is 0 Å². The van der Waals surface area contributed by atoms with Gasteiger partial charge in [-0.05, 0) is 29.8 Å². The van der Waals surface area contributed by atoms with Crippen molar-refractivity contribution in [3.05, 3.63) is 58.6 Å². The van der Waals surface area contributed by atoms with Crippen molar-refractivity contribution in [2.75, 3.05) is 32.1 Å². The van der Waals surface area contributed by atoms with Crippen molar-refractivity contribution in [1.29, 1.82) is 0 Å². The lowest BCUT2D eigenvalue weighted by atomic mass is 9.74. The van der Waals surface area contributed by atoms with Crippen LogP contribution in [0.25, 0.3) is 0 Å². The molecule has 4 rings (SSSR count). The number of hydrogen-bond donors (Lipinski definition) is 2. The maximum absolute atomic E-state index is 12.8. The van der Waals surface area contributed by atoms with Crippen LogP contribution >= 0.6 is 15.9 Å². The van der Waals surface area contributed by atoms with Crippen LogP contribution in [0.1, 0.15) is 11.5 Å². The molecule has 2 aliphatic rings. The molecule has 2 saturated heterocycles. The van der Waals surface area contributed by atoms with E-state index < -0.39 is 0 Å². The summed E-state index contributed by atoms with van der Waals surface area (Å²) in [5.41, 5.74) is 1.66. The Morgan fingerprint density at radius 3 is 2.72 bits per heavy atom. The number of carbonyl (C=O) groups excluding carboxylic acids is 2. The zero-order valence-electron chi connectivity index (χ0n) is 15.9. The third-order valence-electron chi connectivity index (χ3n) is 5.62. The highest BCUT2D eigenvalue weighted by molar-refractivity contribution is 9.10. The van der Waals surface area contributed by atoms with E-state index in [1.54, 1.807) is 36.3 Å². The van der Waals surface area contributed by atoms with Crippen molar-refractivity contribution >= 4 is 33.6 Å². The number of aliphatic hydroxyl groups excluding tert-OH is 1. The lowest BCUT2D eigenvalue weighted by Gasteiger charge is -2.58. The Bertz CT molecular complexity index is 920. The average molecular weight is 460 g/mol. The molecular weight excluding hydrogens is 438 g/mol. The van der Waals surface area contributed by atoms with Gasteiger partial charge < -0.3 is 25.0 Å². The van der Waals surface area contributed by atoms with Crippen molar-refractivity contribution < 1.29 is 19.4 Å². The fourth-order valence-corrected chi connectivity index (χ4v) is 4.51. The molecule has 2 fully saturated rings. The van der Waals surface area contributed by atoms with E-state index in [0.717, 1.165) is 10.0 Å². The first-order chi connectivity index (χ1) is 14.0. The number of methoxy groups -OCH3 is 1. The first-order valence-corrected chi connectivity index (χ1v) is 10.2. The number of ether oxygens (including phenoxy) is 1. The van der Waals surface area contributed by atoms with Gasteiger partial charge in [0.15, 0.2) is 0 Å². The number of urea groups is 1. The summed E-state index contributed by atoms with van der Waals surface area (Å²) < 4.78 is 6.15. The van der Waals surface area contributed by atoms with Crippen molar-refractivity contribution in [1.82, 2.24) is 9.80 Å². The van der Waals surface area contributed by atoms with E-state index in [4.69, 9.17) is 4.74 Å². The van der Waals surface area contributed by atoms with Crippen LogP contribution < -0.4 is 10.1 Å². The molecule has 0 bridgehead atoms. The van der Waals surface area contributed by atoms with E-state index in [0.29, 0.717) is 18.0 Å². The summed E-state index contributed by atoms with van der Waals surface area (Å²) in [5, 5.41) is 12.7. The molecule has 0 aromatic heterocycles. The second-order valence-corrected chi connectivity index (χ2v) is 8.15. The summed E-state index contributed by atoms with van der Waals surface area (Å²) >= 11 is 3.43. The van der Waals surface area contributed by atoms with Crippen molar-refractivity contribution in [3.8, 4) is 5.75 Å². The van der Waals surface area contributed by atoms with Crippen LogP contribution in [0.15, 0.2) is 53.0 Å². The molecule has 2 heterocycles. The predicted molar refractivity (Wildman–Crippen MR) is 112 cm³/mol. The normalized spacial score (nSPS) is 23.3. The van der Waals surface area contributed by atoms with Crippen molar-refractivity contribution in [2.45, 2.75) is 18.0 Å². The quantitative estimate of drug-likeness (QED) is 0.736. The number of aliphatic hydroxyl groups is 1. The largest absolute Gasteiger partial charge is 0.497 e. The number of nitrogens with one attached hydrogen (secondary N) is 1. The Morgan fingerprint density at radius 1 is 1.28 bits per heavy atom. The van der Waals surface area contributed by atoms with Gasteiger partial charge in [-0.25, -0.2) is 4.79 Å². The molecule has 2 aliphatic heterocycles. The minimum absolute atomic E-state index is 0.00411. The summed E-state index contributed by atoms with van der Waals surface area (Å²) in [7, 11) is 1.56. The molecule has 2 N–H and O–H groups in total. The molecule has 152 valence electrons. The Morgan fingerprint density at radius 2 is 2.03 bits per heavy atom. The van der Waals surface area contributed by atoms with Gasteiger partial charge in [-0.3, -0.25) is 4.79 Å². The molecule has 29 heavy (non-hydrogen) atoms. The molecule has 0 saturated carbocycles. The van der Waals surface area contributed by atoms with Gasteiger partial charge in [0.2, 0.25) is 5.91 Å². The van der Waals surface area contributed by atoms with Gasteiger partial charge in [0.1, 0.15) is 12.3 Å². The Hall–Kier alpha value is -2.58. The first-order valence-electron chi connectivity index (χ1n) is 9.39. The number of hydrogen-bond acceptors (Lipinski definition) is 4. The monoisotopic (exact) mass is 459 g/mol. The van der Waals surface area contributed by atoms with Crippen LogP contribution in [-0.2, 0) is 4.79 Å². The number of rotatable bonds is 4. The second-order valence-electron chi connectivity index (χ2n) is 7.24. The third kappa shape index (κ3) is 3.70. The lowest BCUT2D eigenvalue weighted by Crippen LogP contribution is -2.73. The summed E-state index contributed by atoms with van der Waals surface area (Å²) in [5.74, 6) is 0.489. The molecule has 3 atom stereocenters. The van der Waals surface area contributed by atoms with E-state index in [1.807, 2.05) is 24.3 Å². The van der Waals surface area contributed by atoms with Crippen LogP contribution in [0, 0.1) is 0 Å². The van der Waals surface area contributed by atoms with E-state index >= 15 is 0 Å². The van der Waals surface area contributed by atoms with Gasteiger partial charge >= 0.3 is 6.03 Å². The van der Waals surface area contributed by atoms with Gasteiger partial charge in [0.25, 0.3) is 0 Å². The van der Waals surface area contributed by atoms with Crippen LogP contribution in [0.2, 0.25) is 0 Å². The molecule has 0 radical (unpaired) electrons. The molecule has 2 aromatic rings. The minimum atomic E-state index is -0.326. The van der Waals surface area contributed by atoms with Crippen LogP contribution in [-0.4, -0.2) is 65.7 Å².